The summed E-state index contributed by atoms with van der Waals surface area (Å²) < 4.78 is 4.80. The highest BCUT2D eigenvalue weighted by Crippen LogP contribution is 2.02. The van der Waals surface area contributed by atoms with E-state index < -0.39 is 5.97 Å². The minimum absolute atomic E-state index is 0.110. The summed E-state index contributed by atoms with van der Waals surface area (Å²) in [5, 5.41) is 2.31. The molecule has 4 heteroatoms. The molecule has 0 aromatic heterocycles. The van der Waals surface area contributed by atoms with Crippen molar-refractivity contribution in [1.82, 2.24) is 5.32 Å². The molecule has 0 bridgehead atoms. The Hall–Kier alpha value is -2.36. The van der Waals surface area contributed by atoms with Gasteiger partial charge in [0.15, 0.2) is 0 Å². The summed E-state index contributed by atoms with van der Waals surface area (Å²) in [7, 11) is 0. The third-order valence-corrected chi connectivity index (χ3v) is 2.06. The van der Waals surface area contributed by atoms with Crippen LogP contribution < -0.4 is 5.32 Å². The van der Waals surface area contributed by atoms with Gasteiger partial charge in [-0.1, -0.05) is 42.5 Å². The smallest absolute Gasteiger partial charge is 0.354 e. The van der Waals surface area contributed by atoms with Crippen molar-refractivity contribution < 1.29 is 14.3 Å². The van der Waals surface area contributed by atoms with Crippen LogP contribution in [0.3, 0.4) is 0 Å². The maximum absolute atomic E-state index is 11.4. The molecule has 1 N–H and O–H groups in total. The van der Waals surface area contributed by atoms with Crippen molar-refractivity contribution in [1.29, 1.82) is 0 Å². The Labute approximate surface area is 106 Å². The third-order valence-electron chi connectivity index (χ3n) is 2.06. The van der Waals surface area contributed by atoms with Crippen LogP contribution in [0.1, 0.15) is 12.5 Å². The van der Waals surface area contributed by atoms with Crippen LogP contribution in [0.2, 0.25) is 0 Å². The molecule has 1 aromatic carbocycles. The molecule has 0 saturated heterocycles. The second-order valence-electron chi connectivity index (χ2n) is 3.33. The van der Waals surface area contributed by atoms with Crippen LogP contribution in [0.5, 0.6) is 0 Å². The van der Waals surface area contributed by atoms with Gasteiger partial charge < -0.3 is 10.1 Å². The maximum atomic E-state index is 11.4. The molecule has 18 heavy (non-hydrogen) atoms. The Kier molecular flexibility index (Phi) is 5.97. The molecule has 0 saturated carbocycles. The summed E-state index contributed by atoms with van der Waals surface area (Å²) in [4.78, 5) is 21.8. The van der Waals surface area contributed by atoms with Crippen molar-refractivity contribution in [3.05, 3.63) is 53.7 Å². The highest BCUT2D eigenvalue weighted by molar-refractivity contribution is 5.90. The van der Waals surface area contributed by atoms with Crippen LogP contribution in [-0.4, -0.2) is 19.0 Å². The molecule has 4 nitrogen and oxygen atoms in total. The average molecular weight is 245 g/mol. The molecule has 0 unspecified atom stereocenters. The van der Waals surface area contributed by atoms with Gasteiger partial charge >= 0.3 is 5.97 Å². The number of ether oxygens (including phenoxy) is 1. The van der Waals surface area contributed by atoms with Crippen LogP contribution in [0.4, 0.5) is 0 Å². The molecule has 0 radical (unpaired) electrons. The Morgan fingerprint density at radius 3 is 2.67 bits per heavy atom. The van der Waals surface area contributed by atoms with E-state index in [2.05, 4.69) is 5.32 Å². The van der Waals surface area contributed by atoms with Crippen molar-refractivity contribution in [3.63, 3.8) is 0 Å². The minimum Gasteiger partial charge on any atom is -0.461 e. The number of esters is 1. The van der Waals surface area contributed by atoms with E-state index in [0.29, 0.717) is 6.41 Å². The maximum Gasteiger partial charge on any atom is 0.354 e. The Morgan fingerprint density at radius 2 is 2.06 bits per heavy atom. The molecule has 0 heterocycles. The zero-order valence-corrected chi connectivity index (χ0v) is 10.1. The van der Waals surface area contributed by atoms with Crippen LogP contribution in [0.15, 0.2) is 48.2 Å². The second kappa shape index (κ2) is 7.84. The summed E-state index contributed by atoms with van der Waals surface area (Å²) in [5.41, 5.74) is 1.11. The van der Waals surface area contributed by atoms with Gasteiger partial charge in [0.25, 0.3) is 0 Å². The topological polar surface area (TPSA) is 55.4 Å². The van der Waals surface area contributed by atoms with E-state index in [1.54, 1.807) is 13.0 Å². The monoisotopic (exact) mass is 245 g/mol. The lowest BCUT2D eigenvalue weighted by molar-refractivity contribution is -0.139. The molecule has 0 aliphatic heterocycles. The van der Waals surface area contributed by atoms with E-state index in [-0.39, 0.29) is 12.3 Å². The van der Waals surface area contributed by atoms with Crippen molar-refractivity contribution >= 4 is 18.5 Å². The number of hydrogen-bond acceptors (Lipinski definition) is 3. The number of carbonyl (C=O) groups is 2. The standard InChI is InChI=1S/C14H15NO3/c1-2-18-14(17)13(15-11-16)10-6-9-12-7-4-3-5-8-12/h3-11H,2H2,1H3,(H,15,16)/b9-6+,13-10-. The quantitative estimate of drug-likeness (QED) is 0.360. The third kappa shape index (κ3) is 4.65. The summed E-state index contributed by atoms with van der Waals surface area (Å²) in [5.74, 6) is -0.553. The fraction of sp³-hybridized carbons (Fsp3) is 0.143. The number of benzene rings is 1. The van der Waals surface area contributed by atoms with E-state index in [9.17, 15) is 9.59 Å². The molecule has 94 valence electrons. The Balaban J connectivity index is 2.74. The normalized spacial score (nSPS) is 11.3. The fourth-order valence-electron chi connectivity index (χ4n) is 1.27. The number of carbonyl (C=O) groups excluding carboxylic acids is 2. The van der Waals surface area contributed by atoms with Crippen LogP contribution >= 0.6 is 0 Å². The van der Waals surface area contributed by atoms with Crippen LogP contribution in [0.25, 0.3) is 6.08 Å². The van der Waals surface area contributed by atoms with Crippen LogP contribution in [0, 0.1) is 0 Å². The molecule has 1 amide bonds. The molecule has 0 aliphatic rings. The van der Waals surface area contributed by atoms with Gasteiger partial charge in [0.05, 0.1) is 6.61 Å². The first-order chi connectivity index (χ1) is 8.77. The Morgan fingerprint density at radius 1 is 1.33 bits per heavy atom. The SMILES string of the molecule is CCOC(=O)/C(=C/C=C/c1ccccc1)NC=O. The number of rotatable bonds is 6. The van der Waals surface area contributed by atoms with Crippen molar-refractivity contribution in [2.24, 2.45) is 0 Å². The molecule has 1 rings (SSSR count). The van der Waals surface area contributed by atoms with Gasteiger partial charge in [0.1, 0.15) is 5.70 Å². The average Bonchev–Trinajstić information content (AvgIpc) is 2.39. The van der Waals surface area contributed by atoms with Gasteiger partial charge in [-0.05, 0) is 18.6 Å². The second-order valence-corrected chi connectivity index (χ2v) is 3.33. The van der Waals surface area contributed by atoms with Crippen molar-refractivity contribution in [2.75, 3.05) is 6.61 Å². The highest BCUT2D eigenvalue weighted by Gasteiger charge is 2.07. The van der Waals surface area contributed by atoms with Gasteiger partial charge in [-0.15, -0.1) is 0 Å². The predicted octanol–water partition coefficient (Wildman–Crippen LogP) is 1.89. The lowest BCUT2D eigenvalue weighted by Crippen LogP contribution is -2.20. The van der Waals surface area contributed by atoms with Crippen LogP contribution in [-0.2, 0) is 14.3 Å². The van der Waals surface area contributed by atoms with E-state index in [1.165, 1.54) is 6.08 Å². The van der Waals surface area contributed by atoms with Gasteiger partial charge in [0.2, 0.25) is 6.41 Å². The number of allylic oxidation sites excluding steroid dienone is 2. The first-order valence-corrected chi connectivity index (χ1v) is 5.58. The van der Waals surface area contributed by atoms with E-state index >= 15 is 0 Å². The highest BCUT2D eigenvalue weighted by atomic mass is 16.5. The van der Waals surface area contributed by atoms with Gasteiger partial charge in [-0.25, -0.2) is 4.79 Å². The molecule has 0 aliphatic carbocycles. The molecule has 0 spiro atoms. The summed E-state index contributed by atoms with van der Waals surface area (Å²) in [6, 6.07) is 9.62. The van der Waals surface area contributed by atoms with E-state index in [0.717, 1.165) is 5.56 Å². The van der Waals surface area contributed by atoms with Crippen molar-refractivity contribution in [3.8, 4) is 0 Å². The summed E-state index contributed by atoms with van der Waals surface area (Å²) in [6.07, 6.45) is 5.45. The summed E-state index contributed by atoms with van der Waals surface area (Å²) >= 11 is 0. The van der Waals surface area contributed by atoms with Gasteiger partial charge in [0, 0.05) is 0 Å². The zero-order valence-electron chi connectivity index (χ0n) is 10.1. The number of hydrogen-bond donors (Lipinski definition) is 1. The molecule has 1 aromatic rings. The fourth-order valence-corrected chi connectivity index (χ4v) is 1.27. The van der Waals surface area contributed by atoms with Gasteiger partial charge in [-0.3, -0.25) is 4.79 Å². The lowest BCUT2D eigenvalue weighted by atomic mass is 10.2. The molecule has 0 fully saturated rings. The van der Waals surface area contributed by atoms with E-state index in [1.807, 2.05) is 36.4 Å². The summed E-state index contributed by atoms with van der Waals surface area (Å²) in [6.45, 7) is 1.97. The molecule has 0 atom stereocenters. The van der Waals surface area contributed by atoms with E-state index in [4.69, 9.17) is 4.74 Å². The number of amides is 1. The van der Waals surface area contributed by atoms with Gasteiger partial charge in [-0.2, -0.15) is 0 Å². The minimum atomic E-state index is -0.553. The number of nitrogens with one attached hydrogen (secondary N) is 1. The first kappa shape index (κ1) is 13.7. The molecular weight excluding hydrogens is 230 g/mol. The zero-order chi connectivity index (χ0) is 13.2. The first-order valence-electron chi connectivity index (χ1n) is 5.58. The predicted molar refractivity (Wildman–Crippen MR) is 69.4 cm³/mol. The lowest BCUT2D eigenvalue weighted by Gasteiger charge is -2.03. The largest absolute Gasteiger partial charge is 0.461 e. The Bertz CT molecular complexity index is 449. The van der Waals surface area contributed by atoms with Crippen molar-refractivity contribution in [2.45, 2.75) is 6.92 Å². The molecular formula is C14H15NO3.